The SMILES string of the molecule is O=C(c1cnc(-c2ccc(F)cc2)nc1N1CCCC1)N1CCOCC1. The number of rotatable bonds is 3. The third-order valence-corrected chi connectivity index (χ3v) is 4.81. The normalized spacial score (nSPS) is 17.6. The molecular weight excluding hydrogens is 335 g/mol. The van der Waals surface area contributed by atoms with Crippen LogP contribution in [0.5, 0.6) is 0 Å². The van der Waals surface area contributed by atoms with E-state index in [0.29, 0.717) is 43.5 Å². The van der Waals surface area contributed by atoms with Crippen LogP contribution in [0.25, 0.3) is 11.4 Å². The van der Waals surface area contributed by atoms with Gasteiger partial charge >= 0.3 is 0 Å². The van der Waals surface area contributed by atoms with Crippen molar-refractivity contribution in [1.29, 1.82) is 0 Å². The Hall–Kier alpha value is -2.54. The quantitative estimate of drug-likeness (QED) is 0.845. The summed E-state index contributed by atoms with van der Waals surface area (Å²) in [4.78, 5) is 26.0. The summed E-state index contributed by atoms with van der Waals surface area (Å²) in [5.74, 6) is 0.826. The molecule has 6 nitrogen and oxygen atoms in total. The molecule has 0 saturated carbocycles. The Labute approximate surface area is 151 Å². The predicted octanol–water partition coefficient (Wildman–Crippen LogP) is 2.36. The number of benzene rings is 1. The van der Waals surface area contributed by atoms with Crippen LogP contribution in [0.2, 0.25) is 0 Å². The van der Waals surface area contributed by atoms with Crippen LogP contribution in [-0.4, -0.2) is 60.2 Å². The van der Waals surface area contributed by atoms with Crippen molar-refractivity contribution in [1.82, 2.24) is 14.9 Å². The second-order valence-corrected chi connectivity index (χ2v) is 6.54. The zero-order valence-electron chi connectivity index (χ0n) is 14.5. The van der Waals surface area contributed by atoms with E-state index in [0.717, 1.165) is 31.5 Å². The first-order valence-electron chi connectivity index (χ1n) is 8.97. The van der Waals surface area contributed by atoms with Gasteiger partial charge in [-0.15, -0.1) is 0 Å². The number of carbonyl (C=O) groups excluding carboxylic acids is 1. The molecule has 0 spiro atoms. The fourth-order valence-corrected chi connectivity index (χ4v) is 3.37. The zero-order chi connectivity index (χ0) is 17.9. The average Bonchev–Trinajstić information content (AvgIpc) is 3.23. The van der Waals surface area contributed by atoms with E-state index < -0.39 is 0 Å². The van der Waals surface area contributed by atoms with Crippen LogP contribution in [0.1, 0.15) is 23.2 Å². The van der Waals surface area contributed by atoms with Gasteiger partial charge in [0, 0.05) is 37.9 Å². The Morgan fingerprint density at radius 3 is 2.42 bits per heavy atom. The number of hydrogen-bond acceptors (Lipinski definition) is 5. The lowest BCUT2D eigenvalue weighted by Gasteiger charge is -2.28. The summed E-state index contributed by atoms with van der Waals surface area (Å²) < 4.78 is 18.5. The molecule has 26 heavy (non-hydrogen) atoms. The summed E-state index contributed by atoms with van der Waals surface area (Å²) in [6.07, 6.45) is 3.78. The highest BCUT2D eigenvalue weighted by Gasteiger charge is 2.26. The number of aromatic nitrogens is 2. The summed E-state index contributed by atoms with van der Waals surface area (Å²) in [6, 6.07) is 6.09. The lowest BCUT2D eigenvalue weighted by atomic mass is 10.2. The van der Waals surface area contributed by atoms with E-state index in [-0.39, 0.29) is 11.7 Å². The van der Waals surface area contributed by atoms with Crippen LogP contribution < -0.4 is 4.90 Å². The van der Waals surface area contributed by atoms with Crippen molar-refractivity contribution in [2.45, 2.75) is 12.8 Å². The number of nitrogens with zero attached hydrogens (tertiary/aromatic N) is 4. The molecule has 2 aliphatic rings. The van der Waals surface area contributed by atoms with E-state index in [9.17, 15) is 9.18 Å². The van der Waals surface area contributed by atoms with Crippen molar-refractivity contribution in [3.63, 3.8) is 0 Å². The van der Waals surface area contributed by atoms with Crippen LogP contribution in [-0.2, 0) is 4.74 Å². The number of carbonyl (C=O) groups is 1. The number of anilines is 1. The highest BCUT2D eigenvalue weighted by atomic mass is 19.1. The Morgan fingerprint density at radius 2 is 1.73 bits per heavy atom. The van der Waals surface area contributed by atoms with Crippen molar-refractivity contribution in [3.05, 3.63) is 41.8 Å². The molecule has 136 valence electrons. The highest BCUT2D eigenvalue weighted by Crippen LogP contribution is 2.26. The summed E-state index contributed by atoms with van der Waals surface area (Å²) in [7, 11) is 0. The minimum atomic E-state index is -0.298. The largest absolute Gasteiger partial charge is 0.378 e. The highest BCUT2D eigenvalue weighted by molar-refractivity contribution is 5.99. The topological polar surface area (TPSA) is 58.6 Å². The molecule has 2 aromatic rings. The summed E-state index contributed by atoms with van der Waals surface area (Å²) in [6.45, 7) is 4.03. The number of amides is 1. The first kappa shape index (κ1) is 16.9. The molecule has 1 aromatic heterocycles. The van der Waals surface area contributed by atoms with Gasteiger partial charge in [-0.2, -0.15) is 0 Å². The molecular formula is C19H21FN4O2. The second kappa shape index (κ2) is 7.37. The Morgan fingerprint density at radius 1 is 1.04 bits per heavy atom. The van der Waals surface area contributed by atoms with Crippen molar-refractivity contribution in [3.8, 4) is 11.4 Å². The average molecular weight is 356 g/mol. The number of morpholine rings is 1. The van der Waals surface area contributed by atoms with Gasteiger partial charge in [0.2, 0.25) is 0 Å². The van der Waals surface area contributed by atoms with Crippen LogP contribution in [0.4, 0.5) is 10.2 Å². The molecule has 0 atom stereocenters. The van der Waals surface area contributed by atoms with E-state index in [2.05, 4.69) is 14.9 Å². The Bertz CT molecular complexity index is 785. The maximum atomic E-state index is 13.2. The molecule has 0 N–H and O–H groups in total. The van der Waals surface area contributed by atoms with Gasteiger partial charge in [-0.05, 0) is 37.1 Å². The van der Waals surface area contributed by atoms with E-state index in [1.165, 1.54) is 12.1 Å². The molecule has 7 heteroatoms. The predicted molar refractivity (Wildman–Crippen MR) is 95.6 cm³/mol. The van der Waals surface area contributed by atoms with Crippen molar-refractivity contribution in [2.75, 3.05) is 44.3 Å². The van der Waals surface area contributed by atoms with Gasteiger partial charge in [-0.1, -0.05) is 0 Å². The molecule has 3 heterocycles. The third-order valence-electron chi connectivity index (χ3n) is 4.81. The van der Waals surface area contributed by atoms with Crippen LogP contribution in [0, 0.1) is 5.82 Å². The maximum absolute atomic E-state index is 13.2. The molecule has 4 rings (SSSR count). The van der Waals surface area contributed by atoms with E-state index in [1.54, 1.807) is 23.2 Å². The molecule has 0 radical (unpaired) electrons. The number of hydrogen-bond donors (Lipinski definition) is 0. The molecule has 2 saturated heterocycles. The number of halogens is 1. The van der Waals surface area contributed by atoms with Crippen LogP contribution in [0.15, 0.2) is 30.5 Å². The zero-order valence-corrected chi connectivity index (χ0v) is 14.5. The van der Waals surface area contributed by atoms with Gasteiger partial charge in [-0.25, -0.2) is 14.4 Å². The fraction of sp³-hybridized carbons (Fsp3) is 0.421. The summed E-state index contributed by atoms with van der Waals surface area (Å²) in [5, 5.41) is 0. The molecule has 1 amide bonds. The maximum Gasteiger partial charge on any atom is 0.259 e. The minimum absolute atomic E-state index is 0.0548. The van der Waals surface area contributed by atoms with Crippen LogP contribution in [0.3, 0.4) is 0 Å². The van der Waals surface area contributed by atoms with Crippen molar-refractivity contribution in [2.24, 2.45) is 0 Å². The Kier molecular flexibility index (Phi) is 4.79. The molecule has 0 unspecified atom stereocenters. The molecule has 0 bridgehead atoms. The molecule has 2 fully saturated rings. The lowest BCUT2D eigenvalue weighted by molar-refractivity contribution is 0.0303. The third kappa shape index (κ3) is 3.39. The van der Waals surface area contributed by atoms with Crippen molar-refractivity contribution >= 4 is 11.7 Å². The van der Waals surface area contributed by atoms with Gasteiger partial charge in [0.1, 0.15) is 17.2 Å². The van der Waals surface area contributed by atoms with E-state index in [1.807, 2.05) is 0 Å². The lowest BCUT2D eigenvalue weighted by Crippen LogP contribution is -2.41. The molecule has 2 aliphatic heterocycles. The van der Waals surface area contributed by atoms with Crippen molar-refractivity contribution < 1.29 is 13.9 Å². The van der Waals surface area contributed by atoms with Gasteiger partial charge in [0.15, 0.2) is 5.82 Å². The van der Waals surface area contributed by atoms with Gasteiger partial charge in [0.05, 0.1) is 13.2 Å². The Balaban J connectivity index is 1.70. The molecule has 0 aliphatic carbocycles. The van der Waals surface area contributed by atoms with Gasteiger partial charge < -0.3 is 14.5 Å². The van der Waals surface area contributed by atoms with Gasteiger partial charge in [0.25, 0.3) is 5.91 Å². The van der Waals surface area contributed by atoms with Crippen LogP contribution >= 0.6 is 0 Å². The smallest absolute Gasteiger partial charge is 0.259 e. The first-order valence-corrected chi connectivity index (χ1v) is 8.97. The first-order chi connectivity index (χ1) is 12.7. The number of ether oxygens (including phenoxy) is 1. The monoisotopic (exact) mass is 356 g/mol. The second-order valence-electron chi connectivity index (χ2n) is 6.54. The van der Waals surface area contributed by atoms with Gasteiger partial charge in [-0.3, -0.25) is 4.79 Å². The molecule has 1 aromatic carbocycles. The standard InChI is InChI=1S/C19H21FN4O2/c20-15-5-3-14(4-6-15)17-21-13-16(18(22-17)23-7-1-2-8-23)19(25)24-9-11-26-12-10-24/h3-6,13H,1-2,7-12H2. The fourth-order valence-electron chi connectivity index (χ4n) is 3.37. The van der Waals surface area contributed by atoms with E-state index >= 15 is 0 Å². The van der Waals surface area contributed by atoms with E-state index in [4.69, 9.17) is 4.74 Å². The minimum Gasteiger partial charge on any atom is -0.378 e. The summed E-state index contributed by atoms with van der Waals surface area (Å²) in [5.41, 5.74) is 1.26. The summed E-state index contributed by atoms with van der Waals surface area (Å²) >= 11 is 0.